The van der Waals surface area contributed by atoms with E-state index in [4.69, 9.17) is 0 Å². The topological polar surface area (TPSA) is 8.17 Å². The van der Waals surface area contributed by atoms with Gasteiger partial charge in [-0.3, -0.25) is 4.90 Å². The van der Waals surface area contributed by atoms with Gasteiger partial charge in [0.2, 0.25) is 0 Å². The Kier molecular flexibility index (Phi) is 4.08. The van der Waals surface area contributed by atoms with Gasteiger partial charge in [0.15, 0.2) is 0 Å². The maximum Gasteiger partial charge on any atom is 0.123 e. The van der Waals surface area contributed by atoms with Gasteiger partial charge in [0.25, 0.3) is 0 Å². The molecule has 1 aromatic heterocycles. The zero-order chi connectivity index (χ0) is 17.6. The highest BCUT2D eigenvalue weighted by Gasteiger charge is 2.27. The summed E-state index contributed by atoms with van der Waals surface area (Å²) in [7, 11) is 2.11. The molecular formula is C21H22F2N2. The van der Waals surface area contributed by atoms with Crippen LogP contribution >= 0.6 is 0 Å². The van der Waals surface area contributed by atoms with Gasteiger partial charge in [0.1, 0.15) is 11.6 Å². The Bertz CT molecular complexity index is 929. The molecule has 4 rings (SSSR count). The lowest BCUT2D eigenvalue weighted by Crippen LogP contribution is -2.31. The fraction of sp³-hybridized carbons (Fsp3) is 0.333. The highest BCUT2D eigenvalue weighted by molar-refractivity contribution is 5.86. The van der Waals surface area contributed by atoms with Crippen molar-refractivity contribution in [3.63, 3.8) is 0 Å². The van der Waals surface area contributed by atoms with E-state index in [2.05, 4.69) is 23.4 Å². The number of aromatic nitrogens is 1. The first kappa shape index (κ1) is 16.3. The van der Waals surface area contributed by atoms with Crippen molar-refractivity contribution in [2.45, 2.75) is 32.4 Å². The van der Waals surface area contributed by atoms with Crippen LogP contribution in [0, 0.1) is 11.6 Å². The van der Waals surface area contributed by atoms with Crippen molar-refractivity contribution in [2.75, 3.05) is 13.6 Å². The summed E-state index contributed by atoms with van der Waals surface area (Å²) in [4.78, 5) is 2.31. The molecule has 1 unspecified atom stereocenters. The molecule has 2 aromatic carbocycles. The number of benzene rings is 2. The van der Waals surface area contributed by atoms with Gasteiger partial charge in [-0.05, 0) is 61.9 Å². The first-order chi connectivity index (χ1) is 12.0. The number of fused-ring (bicyclic) bond motifs is 3. The summed E-state index contributed by atoms with van der Waals surface area (Å²) >= 11 is 0. The van der Waals surface area contributed by atoms with E-state index >= 15 is 0 Å². The molecule has 130 valence electrons. The summed E-state index contributed by atoms with van der Waals surface area (Å²) in [5.74, 6) is -0.396. The Labute approximate surface area is 146 Å². The average molecular weight is 340 g/mol. The second kappa shape index (κ2) is 6.26. The Morgan fingerprint density at radius 3 is 2.68 bits per heavy atom. The lowest BCUT2D eigenvalue weighted by atomic mass is 9.97. The van der Waals surface area contributed by atoms with Crippen LogP contribution in [0.2, 0.25) is 0 Å². The van der Waals surface area contributed by atoms with Crippen LogP contribution in [-0.4, -0.2) is 23.1 Å². The molecule has 1 aliphatic heterocycles. The molecule has 4 heteroatoms. The third kappa shape index (κ3) is 2.85. The molecule has 0 spiro atoms. The molecule has 0 saturated carbocycles. The maximum atomic E-state index is 13.9. The van der Waals surface area contributed by atoms with Crippen molar-refractivity contribution in [3.05, 3.63) is 70.9 Å². The van der Waals surface area contributed by atoms with Crippen molar-refractivity contribution in [2.24, 2.45) is 0 Å². The highest BCUT2D eigenvalue weighted by Crippen LogP contribution is 2.37. The number of likely N-dealkylation sites (N-methyl/N-ethyl adjacent to an activating group) is 1. The minimum Gasteiger partial charge on any atom is -0.344 e. The van der Waals surface area contributed by atoms with E-state index < -0.39 is 0 Å². The smallest absolute Gasteiger partial charge is 0.123 e. The lowest BCUT2D eigenvalue weighted by molar-refractivity contribution is 0.245. The minimum absolute atomic E-state index is 0.196. The van der Waals surface area contributed by atoms with Crippen LogP contribution in [0.25, 0.3) is 10.9 Å². The fourth-order valence-electron chi connectivity index (χ4n) is 4.03. The van der Waals surface area contributed by atoms with Crippen molar-refractivity contribution < 1.29 is 8.78 Å². The first-order valence-electron chi connectivity index (χ1n) is 8.80. The Morgan fingerprint density at radius 2 is 1.88 bits per heavy atom. The summed E-state index contributed by atoms with van der Waals surface area (Å²) in [6, 6.07) is 12.1. The van der Waals surface area contributed by atoms with E-state index in [1.54, 1.807) is 18.2 Å². The van der Waals surface area contributed by atoms with E-state index in [0.29, 0.717) is 0 Å². The Balaban J connectivity index is 1.78. The van der Waals surface area contributed by atoms with Crippen LogP contribution in [0.5, 0.6) is 0 Å². The lowest BCUT2D eigenvalue weighted by Gasteiger charge is -2.31. The number of halogens is 2. The molecule has 1 aliphatic rings. The molecule has 1 atom stereocenters. The van der Waals surface area contributed by atoms with Gasteiger partial charge >= 0.3 is 0 Å². The first-order valence-corrected chi connectivity index (χ1v) is 8.80. The van der Waals surface area contributed by atoms with E-state index in [9.17, 15) is 8.78 Å². The molecule has 2 nitrogen and oxygen atoms in total. The molecule has 0 fully saturated rings. The van der Waals surface area contributed by atoms with Gasteiger partial charge < -0.3 is 4.57 Å². The standard InChI is InChI=1S/C21H22F2N2/c1-14-21-18-13-17(23)6-7-19(18)25(20(21)9-10-24(14)2)11-8-15-4-3-5-16(22)12-15/h3-7,12-14H,8-11H2,1-2H3. The molecule has 2 heterocycles. The largest absolute Gasteiger partial charge is 0.344 e. The molecule has 25 heavy (non-hydrogen) atoms. The van der Waals surface area contributed by atoms with Crippen molar-refractivity contribution in [1.29, 1.82) is 0 Å². The molecule has 0 bridgehead atoms. The summed E-state index contributed by atoms with van der Waals surface area (Å²) in [5, 5.41) is 1.01. The zero-order valence-corrected chi connectivity index (χ0v) is 14.6. The second-order valence-electron chi connectivity index (χ2n) is 6.96. The molecule has 3 aromatic rings. The van der Waals surface area contributed by atoms with Crippen LogP contribution in [0.15, 0.2) is 42.5 Å². The van der Waals surface area contributed by atoms with Gasteiger partial charge in [-0.15, -0.1) is 0 Å². The number of hydrogen-bond donors (Lipinski definition) is 0. The van der Waals surface area contributed by atoms with Crippen molar-refractivity contribution >= 4 is 10.9 Å². The third-order valence-electron chi connectivity index (χ3n) is 5.47. The highest BCUT2D eigenvalue weighted by atomic mass is 19.1. The van der Waals surface area contributed by atoms with Gasteiger partial charge in [-0.1, -0.05) is 12.1 Å². The van der Waals surface area contributed by atoms with Gasteiger partial charge in [-0.2, -0.15) is 0 Å². The van der Waals surface area contributed by atoms with Gasteiger partial charge in [0, 0.05) is 42.1 Å². The van der Waals surface area contributed by atoms with Crippen molar-refractivity contribution in [3.8, 4) is 0 Å². The number of rotatable bonds is 3. The number of aryl methyl sites for hydroxylation is 2. The van der Waals surface area contributed by atoms with Crippen molar-refractivity contribution in [1.82, 2.24) is 9.47 Å². The fourth-order valence-corrected chi connectivity index (χ4v) is 4.03. The van der Waals surface area contributed by atoms with Crippen LogP contribution in [0.1, 0.15) is 29.8 Å². The number of hydrogen-bond acceptors (Lipinski definition) is 1. The van der Waals surface area contributed by atoms with Crippen LogP contribution in [-0.2, 0) is 19.4 Å². The number of nitrogens with zero attached hydrogens (tertiary/aromatic N) is 2. The molecular weight excluding hydrogens is 318 g/mol. The maximum absolute atomic E-state index is 13.9. The van der Waals surface area contributed by atoms with Crippen LogP contribution in [0.3, 0.4) is 0 Å². The van der Waals surface area contributed by atoms with E-state index in [1.165, 1.54) is 23.4 Å². The quantitative estimate of drug-likeness (QED) is 0.670. The molecule has 0 radical (unpaired) electrons. The predicted molar refractivity (Wildman–Crippen MR) is 96.7 cm³/mol. The third-order valence-corrected chi connectivity index (χ3v) is 5.47. The Hall–Kier alpha value is -2.20. The van der Waals surface area contributed by atoms with E-state index in [0.717, 1.165) is 42.4 Å². The minimum atomic E-state index is -0.200. The molecule has 0 aliphatic carbocycles. The zero-order valence-electron chi connectivity index (χ0n) is 14.6. The van der Waals surface area contributed by atoms with Gasteiger partial charge in [-0.25, -0.2) is 8.78 Å². The Morgan fingerprint density at radius 1 is 1.08 bits per heavy atom. The summed E-state index contributed by atoms with van der Waals surface area (Å²) in [5.41, 5.74) is 4.59. The monoisotopic (exact) mass is 340 g/mol. The van der Waals surface area contributed by atoms with Crippen LogP contribution in [0.4, 0.5) is 8.78 Å². The molecule has 0 N–H and O–H groups in total. The molecule has 0 saturated heterocycles. The van der Waals surface area contributed by atoms with Gasteiger partial charge in [0.05, 0.1) is 0 Å². The van der Waals surface area contributed by atoms with E-state index in [1.807, 2.05) is 12.1 Å². The second-order valence-corrected chi connectivity index (χ2v) is 6.96. The average Bonchev–Trinajstić information content (AvgIpc) is 2.90. The SMILES string of the molecule is CC1c2c(n(CCc3cccc(F)c3)c3ccc(F)cc23)CCN1C. The summed E-state index contributed by atoms with van der Waals surface area (Å²) in [6.45, 7) is 3.95. The summed E-state index contributed by atoms with van der Waals surface area (Å²) < 4.78 is 29.6. The molecule has 0 amide bonds. The normalized spacial score (nSPS) is 17.8. The summed E-state index contributed by atoms with van der Waals surface area (Å²) in [6.07, 6.45) is 1.71. The van der Waals surface area contributed by atoms with Crippen LogP contribution < -0.4 is 0 Å². The van der Waals surface area contributed by atoms with E-state index in [-0.39, 0.29) is 17.7 Å². The predicted octanol–water partition coefficient (Wildman–Crippen LogP) is 4.71.